The third-order valence-electron chi connectivity index (χ3n) is 2.14. The van der Waals surface area contributed by atoms with Gasteiger partial charge in [0.25, 0.3) is 0 Å². The lowest BCUT2D eigenvalue weighted by Crippen LogP contribution is -2.19. The van der Waals surface area contributed by atoms with Gasteiger partial charge in [-0.25, -0.2) is 9.78 Å². The Morgan fingerprint density at radius 3 is 3.06 bits per heavy atom. The van der Waals surface area contributed by atoms with Gasteiger partial charge in [-0.2, -0.15) is 0 Å². The first-order valence-corrected chi connectivity index (χ1v) is 4.81. The number of carboxylic acid groups (broad SMARTS) is 1. The fourth-order valence-electron chi connectivity index (χ4n) is 1.43. The van der Waals surface area contributed by atoms with Crippen LogP contribution in [0.25, 0.3) is 11.4 Å². The topological polar surface area (TPSA) is 78.0 Å². The standard InChI is InChI=1S/C11H11N3O2/c15-11(16)14-7-8-2-1-3-9(6-8)10-12-4-5-13-10/h1-6,14H,7H2,(H,12,13)(H,15,16). The van der Waals surface area contributed by atoms with Crippen LogP contribution in [0, 0.1) is 0 Å². The molecule has 1 heterocycles. The summed E-state index contributed by atoms with van der Waals surface area (Å²) < 4.78 is 0. The number of aromatic nitrogens is 2. The fourth-order valence-corrected chi connectivity index (χ4v) is 1.43. The van der Waals surface area contributed by atoms with Crippen LogP contribution in [0.15, 0.2) is 36.7 Å². The second-order valence-electron chi connectivity index (χ2n) is 3.30. The highest BCUT2D eigenvalue weighted by Crippen LogP contribution is 2.15. The summed E-state index contributed by atoms with van der Waals surface area (Å²) in [7, 11) is 0. The minimum Gasteiger partial charge on any atom is -0.465 e. The Hall–Kier alpha value is -2.30. The smallest absolute Gasteiger partial charge is 0.404 e. The van der Waals surface area contributed by atoms with Crippen molar-refractivity contribution in [1.29, 1.82) is 0 Å². The normalized spacial score (nSPS) is 10.0. The molecule has 0 saturated carbocycles. The van der Waals surface area contributed by atoms with Gasteiger partial charge in [0.15, 0.2) is 0 Å². The zero-order chi connectivity index (χ0) is 11.4. The summed E-state index contributed by atoms with van der Waals surface area (Å²) in [5, 5.41) is 10.8. The quantitative estimate of drug-likeness (QED) is 0.734. The van der Waals surface area contributed by atoms with E-state index in [0.717, 1.165) is 17.0 Å². The van der Waals surface area contributed by atoms with E-state index in [4.69, 9.17) is 5.11 Å². The van der Waals surface area contributed by atoms with Crippen molar-refractivity contribution in [3.05, 3.63) is 42.2 Å². The Balaban J connectivity index is 2.17. The van der Waals surface area contributed by atoms with Crippen molar-refractivity contribution in [2.45, 2.75) is 6.54 Å². The summed E-state index contributed by atoms with van der Waals surface area (Å²) in [5.41, 5.74) is 1.84. The van der Waals surface area contributed by atoms with Crippen molar-refractivity contribution in [1.82, 2.24) is 15.3 Å². The fraction of sp³-hybridized carbons (Fsp3) is 0.0909. The molecule has 0 unspecified atom stereocenters. The number of imidazole rings is 1. The molecule has 2 rings (SSSR count). The van der Waals surface area contributed by atoms with Crippen LogP contribution in [0.5, 0.6) is 0 Å². The molecule has 0 radical (unpaired) electrons. The Morgan fingerprint density at radius 2 is 2.38 bits per heavy atom. The van der Waals surface area contributed by atoms with Crippen LogP contribution in [0.2, 0.25) is 0 Å². The van der Waals surface area contributed by atoms with Crippen LogP contribution in [0.3, 0.4) is 0 Å². The number of aromatic amines is 1. The van der Waals surface area contributed by atoms with E-state index < -0.39 is 6.09 Å². The molecule has 0 aliphatic heterocycles. The number of nitrogens with one attached hydrogen (secondary N) is 2. The first kappa shape index (κ1) is 10.2. The summed E-state index contributed by atoms with van der Waals surface area (Å²) >= 11 is 0. The molecule has 1 aromatic heterocycles. The van der Waals surface area contributed by atoms with Gasteiger partial charge in [-0.15, -0.1) is 0 Å². The van der Waals surface area contributed by atoms with Gasteiger partial charge in [0.1, 0.15) is 5.82 Å². The van der Waals surface area contributed by atoms with Gasteiger partial charge in [0.2, 0.25) is 0 Å². The summed E-state index contributed by atoms with van der Waals surface area (Å²) in [6, 6.07) is 7.55. The molecule has 0 aliphatic rings. The maximum Gasteiger partial charge on any atom is 0.404 e. The SMILES string of the molecule is O=C(O)NCc1cccc(-c2ncc[nH]2)c1. The lowest BCUT2D eigenvalue weighted by molar-refractivity contribution is 0.194. The third-order valence-corrected chi connectivity index (χ3v) is 2.14. The monoisotopic (exact) mass is 217 g/mol. The van der Waals surface area contributed by atoms with Gasteiger partial charge < -0.3 is 15.4 Å². The van der Waals surface area contributed by atoms with E-state index >= 15 is 0 Å². The van der Waals surface area contributed by atoms with E-state index in [-0.39, 0.29) is 0 Å². The average molecular weight is 217 g/mol. The molecule has 0 saturated heterocycles. The number of benzene rings is 1. The molecular weight excluding hydrogens is 206 g/mol. The summed E-state index contributed by atoms with van der Waals surface area (Å²) in [5.74, 6) is 0.775. The highest BCUT2D eigenvalue weighted by atomic mass is 16.4. The Morgan fingerprint density at radius 1 is 1.50 bits per heavy atom. The van der Waals surface area contributed by atoms with Gasteiger partial charge in [-0.1, -0.05) is 18.2 Å². The lowest BCUT2D eigenvalue weighted by Gasteiger charge is -2.03. The van der Waals surface area contributed by atoms with E-state index in [1.165, 1.54) is 0 Å². The molecule has 3 N–H and O–H groups in total. The second-order valence-corrected chi connectivity index (χ2v) is 3.30. The molecule has 1 aromatic carbocycles. The Kier molecular flexibility index (Phi) is 2.86. The van der Waals surface area contributed by atoms with Gasteiger partial charge in [0.05, 0.1) is 0 Å². The highest BCUT2D eigenvalue weighted by molar-refractivity contribution is 5.64. The first-order chi connectivity index (χ1) is 7.75. The van der Waals surface area contributed by atoms with Crippen LogP contribution in [0.1, 0.15) is 5.56 Å². The highest BCUT2D eigenvalue weighted by Gasteiger charge is 2.01. The van der Waals surface area contributed by atoms with Crippen molar-refractivity contribution in [3.63, 3.8) is 0 Å². The van der Waals surface area contributed by atoms with Crippen molar-refractivity contribution in [3.8, 4) is 11.4 Å². The lowest BCUT2D eigenvalue weighted by atomic mass is 10.1. The second kappa shape index (κ2) is 4.48. The number of rotatable bonds is 3. The molecular formula is C11H11N3O2. The molecule has 16 heavy (non-hydrogen) atoms. The van der Waals surface area contributed by atoms with Gasteiger partial charge in [0, 0.05) is 24.5 Å². The summed E-state index contributed by atoms with van der Waals surface area (Å²) in [6.07, 6.45) is 2.40. The van der Waals surface area contributed by atoms with E-state index in [0.29, 0.717) is 6.54 Å². The molecule has 0 fully saturated rings. The van der Waals surface area contributed by atoms with Gasteiger partial charge in [-0.05, 0) is 11.6 Å². The van der Waals surface area contributed by atoms with Gasteiger partial charge >= 0.3 is 6.09 Å². The van der Waals surface area contributed by atoms with Crippen LogP contribution in [-0.4, -0.2) is 21.2 Å². The van der Waals surface area contributed by atoms with Crippen LogP contribution in [-0.2, 0) is 6.54 Å². The predicted octanol–water partition coefficient (Wildman–Crippen LogP) is 1.84. The number of H-pyrrole nitrogens is 1. The molecule has 2 aromatic rings. The molecule has 5 nitrogen and oxygen atoms in total. The third kappa shape index (κ3) is 2.38. The molecule has 0 aliphatic carbocycles. The average Bonchev–Trinajstić information content (AvgIpc) is 2.80. The first-order valence-electron chi connectivity index (χ1n) is 4.81. The zero-order valence-corrected chi connectivity index (χ0v) is 8.47. The maximum absolute atomic E-state index is 10.4. The van der Waals surface area contributed by atoms with Crippen LogP contribution >= 0.6 is 0 Å². The van der Waals surface area contributed by atoms with Crippen LogP contribution < -0.4 is 5.32 Å². The van der Waals surface area contributed by atoms with E-state index in [1.54, 1.807) is 12.4 Å². The van der Waals surface area contributed by atoms with Crippen LogP contribution in [0.4, 0.5) is 4.79 Å². The van der Waals surface area contributed by atoms with E-state index in [1.807, 2.05) is 24.3 Å². The summed E-state index contributed by atoms with van der Waals surface area (Å²) in [6.45, 7) is 0.296. The molecule has 1 amide bonds. The minimum atomic E-state index is -1.02. The molecule has 0 atom stereocenters. The maximum atomic E-state index is 10.4. The largest absolute Gasteiger partial charge is 0.465 e. The number of amides is 1. The predicted molar refractivity (Wildman–Crippen MR) is 58.9 cm³/mol. The van der Waals surface area contributed by atoms with E-state index in [2.05, 4.69) is 15.3 Å². The van der Waals surface area contributed by atoms with Crippen molar-refractivity contribution in [2.24, 2.45) is 0 Å². The summed E-state index contributed by atoms with van der Waals surface area (Å²) in [4.78, 5) is 17.5. The molecule has 5 heteroatoms. The minimum absolute atomic E-state index is 0.296. The number of hydrogen-bond donors (Lipinski definition) is 3. The molecule has 0 spiro atoms. The van der Waals surface area contributed by atoms with E-state index in [9.17, 15) is 4.79 Å². The number of hydrogen-bond acceptors (Lipinski definition) is 2. The van der Waals surface area contributed by atoms with Gasteiger partial charge in [-0.3, -0.25) is 0 Å². The Labute approximate surface area is 92.2 Å². The Bertz CT molecular complexity index is 480. The van der Waals surface area contributed by atoms with Crippen molar-refractivity contribution >= 4 is 6.09 Å². The van der Waals surface area contributed by atoms with Crippen molar-refractivity contribution < 1.29 is 9.90 Å². The van der Waals surface area contributed by atoms with Crippen molar-refractivity contribution in [2.75, 3.05) is 0 Å². The molecule has 82 valence electrons. The number of nitrogens with zero attached hydrogens (tertiary/aromatic N) is 1. The number of carbonyl (C=O) groups is 1. The molecule has 0 bridgehead atoms. The zero-order valence-electron chi connectivity index (χ0n) is 8.47.